The van der Waals surface area contributed by atoms with Gasteiger partial charge in [0.05, 0.1) is 30.5 Å². The fourth-order valence-electron chi connectivity index (χ4n) is 3.42. The number of hydrogen-bond acceptors (Lipinski definition) is 8. The van der Waals surface area contributed by atoms with Crippen LogP contribution < -0.4 is 10.2 Å². The lowest BCUT2D eigenvalue weighted by Gasteiger charge is -2.34. The molecule has 11 heteroatoms. The molecule has 1 amide bonds. The number of benzene rings is 1. The number of anilines is 2. The normalized spacial score (nSPS) is 14.2. The summed E-state index contributed by atoms with van der Waals surface area (Å²) in [6, 6.07) is 7.34. The standard InChI is InChI=1S/C20H24ClN7O3/c1-2-31-20(30)27-10-8-26(9-11-27)19-24-17(22-7-12-29)16-13-23-28(18(16)25-19)15-5-3-14(21)4-6-15/h3-6,13,29H,2,7-12H2,1H3,(H,22,24,25). The van der Waals surface area contributed by atoms with Crippen molar-refractivity contribution >= 4 is 40.5 Å². The lowest BCUT2D eigenvalue weighted by atomic mass is 10.3. The molecule has 1 saturated heterocycles. The predicted molar refractivity (Wildman–Crippen MR) is 118 cm³/mol. The van der Waals surface area contributed by atoms with E-state index in [0.717, 1.165) is 11.1 Å². The van der Waals surface area contributed by atoms with E-state index in [1.807, 2.05) is 17.0 Å². The van der Waals surface area contributed by atoms with Crippen LogP contribution in [0.15, 0.2) is 30.5 Å². The maximum atomic E-state index is 12.0. The van der Waals surface area contributed by atoms with Crippen molar-refractivity contribution in [1.82, 2.24) is 24.6 Å². The molecule has 1 aliphatic rings. The van der Waals surface area contributed by atoms with E-state index in [0.29, 0.717) is 61.8 Å². The number of fused-ring (bicyclic) bond motifs is 1. The second-order valence-corrected chi connectivity index (χ2v) is 7.40. The Kier molecular flexibility index (Phi) is 6.38. The van der Waals surface area contributed by atoms with Crippen LogP contribution in [0.1, 0.15) is 6.92 Å². The molecule has 4 rings (SSSR count). The Balaban J connectivity index is 1.66. The van der Waals surface area contributed by atoms with Crippen molar-refractivity contribution in [3.63, 3.8) is 0 Å². The van der Waals surface area contributed by atoms with Crippen molar-refractivity contribution in [2.75, 3.05) is 56.2 Å². The van der Waals surface area contributed by atoms with E-state index < -0.39 is 0 Å². The first kappa shape index (κ1) is 21.1. The summed E-state index contributed by atoms with van der Waals surface area (Å²) in [7, 11) is 0. The average Bonchev–Trinajstić information content (AvgIpc) is 3.22. The molecule has 1 fully saturated rings. The number of halogens is 1. The third kappa shape index (κ3) is 4.49. The van der Waals surface area contributed by atoms with Crippen molar-refractivity contribution in [3.05, 3.63) is 35.5 Å². The molecular weight excluding hydrogens is 422 g/mol. The first-order valence-corrected chi connectivity index (χ1v) is 10.5. The van der Waals surface area contributed by atoms with Gasteiger partial charge in [0.15, 0.2) is 5.65 Å². The number of amides is 1. The van der Waals surface area contributed by atoms with E-state index in [-0.39, 0.29) is 12.7 Å². The zero-order chi connectivity index (χ0) is 21.8. The van der Waals surface area contributed by atoms with Gasteiger partial charge in [-0.3, -0.25) is 0 Å². The summed E-state index contributed by atoms with van der Waals surface area (Å²) >= 11 is 6.02. The highest BCUT2D eigenvalue weighted by Gasteiger charge is 2.25. The predicted octanol–water partition coefficient (Wildman–Crippen LogP) is 2.15. The van der Waals surface area contributed by atoms with Crippen LogP contribution in [-0.2, 0) is 4.74 Å². The van der Waals surface area contributed by atoms with Crippen LogP contribution in [0.25, 0.3) is 16.7 Å². The van der Waals surface area contributed by atoms with Gasteiger partial charge in [-0.15, -0.1) is 0 Å². The summed E-state index contributed by atoms with van der Waals surface area (Å²) in [5.41, 5.74) is 1.46. The summed E-state index contributed by atoms with van der Waals surface area (Å²) in [5, 5.41) is 18.3. The van der Waals surface area contributed by atoms with Gasteiger partial charge in [0.2, 0.25) is 5.95 Å². The van der Waals surface area contributed by atoms with Crippen LogP contribution in [-0.4, -0.2) is 81.8 Å². The zero-order valence-corrected chi connectivity index (χ0v) is 17.9. The number of aliphatic hydroxyl groups excluding tert-OH is 1. The van der Waals surface area contributed by atoms with Crippen LogP contribution >= 0.6 is 11.6 Å². The molecule has 0 atom stereocenters. The molecule has 1 aromatic carbocycles. The van der Waals surface area contributed by atoms with E-state index in [2.05, 4.69) is 15.4 Å². The number of piperazine rings is 1. The molecule has 10 nitrogen and oxygen atoms in total. The van der Waals surface area contributed by atoms with Crippen LogP contribution in [0.5, 0.6) is 0 Å². The van der Waals surface area contributed by atoms with Gasteiger partial charge in [0, 0.05) is 37.7 Å². The maximum absolute atomic E-state index is 12.0. The summed E-state index contributed by atoms with van der Waals surface area (Å²) in [6.07, 6.45) is 1.40. The third-order valence-electron chi connectivity index (χ3n) is 4.98. The first-order chi connectivity index (χ1) is 15.1. The fraction of sp³-hybridized carbons (Fsp3) is 0.400. The van der Waals surface area contributed by atoms with Gasteiger partial charge >= 0.3 is 6.09 Å². The number of rotatable bonds is 6. The average molecular weight is 446 g/mol. The van der Waals surface area contributed by atoms with E-state index in [1.54, 1.807) is 34.8 Å². The minimum Gasteiger partial charge on any atom is -0.450 e. The van der Waals surface area contributed by atoms with Gasteiger partial charge in [-0.1, -0.05) is 11.6 Å². The number of hydrogen-bond donors (Lipinski definition) is 2. The van der Waals surface area contributed by atoms with Gasteiger partial charge in [-0.25, -0.2) is 9.48 Å². The number of nitrogens with zero attached hydrogens (tertiary/aromatic N) is 6. The van der Waals surface area contributed by atoms with E-state index >= 15 is 0 Å². The highest BCUT2D eigenvalue weighted by atomic mass is 35.5. The zero-order valence-electron chi connectivity index (χ0n) is 17.2. The SMILES string of the molecule is CCOC(=O)N1CCN(c2nc(NCCO)c3cnn(-c4ccc(Cl)cc4)c3n2)CC1. The van der Waals surface area contributed by atoms with Gasteiger partial charge in [-0.2, -0.15) is 15.1 Å². The number of carbonyl (C=O) groups excluding carboxylic acids is 1. The second-order valence-electron chi connectivity index (χ2n) is 6.97. The number of aliphatic hydroxyl groups is 1. The minimum atomic E-state index is -0.301. The van der Waals surface area contributed by atoms with Crippen molar-refractivity contribution in [2.24, 2.45) is 0 Å². The molecular formula is C20H24ClN7O3. The van der Waals surface area contributed by atoms with Crippen LogP contribution in [0.2, 0.25) is 5.02 Å². The molecule has 0 bridgehead atoms. The Morgan fingerprint density at radius 2 is 1.94 bits per heavy atom. The Morgan fingerprint density at radius 1 is 1.19 bits per heavy atom. The summed E-state index contributed by atoms with van der Waals surface area (Å²) in [5.74, 6) is 1.13. The smallest absolute Gasteiger partial charge is 0.409 e. The maximum Gasteiger partial charge on any atom is 0.409 e. The first-order valence-electron chi connectivity index (χ1n) is 10.1. The molecule has 0 saturated carbocycles. The number of carbonyl (C=O) groups is 1. The van der Waals surface area contributed by atoms with Crippen molar-refractivity contribution < 1.29 is 14.6 Å². The van der Waals surface area contributed by atoms with E-state index in [1.165, 1.54) is 0 Å². The van der Waals surface area contributed by atoms with Crippen molar-refractivity contribution in [2.45, 2.75) is 6.92 Å². The number of ether oxygens (including phenoxy) is 1. The van der Waals surface area contributed by atoms with E-state index in [4.69, 9.17) is 21.3 Å². The highest BCUT2D eigenvalue weighted by molar-refractivity contribution is 6.30. The van der Waals surface area contributed by atoms with Gasteiger partial charge < -0.3 is 25.0 Å². The molecule has 0 spiro atoms. The molecule has 0 aliphatic carbocycles. The molecule has 3 aromatic rings. The van der Waals surface area contributed by atoms with Crippen LogP contribution in [0, 0.1) is 0 Å². The van der Waals surface area contributed by atoms with Crippen LogP contribution in [0.4, 0.5) is 16.6 Å². The molecule has 164 valence electrons. The third-order valence-corrected chi connectivity index (χ3v) is 5.23. The molecule has 0 unspecified atom stereocenters. The summed E-state index contributed by atoms with van der Waals surface area (Å²) < 4.78 is 6.82. The van der Waals surface area contributed by atoms with E-state index in [9.17, 15) is 9.90 Å². The molecule has 0 radical (unpaired) electrons. The molecule has 3 heterocycles. The lowest BCUT2D eigenvalue weighted by Crippen LogP contribution is -2.49. The van der Waals surface area contributed by atoms with Crippen molar-refractivity contribution in [1.29, 1.82) is 0 Å². The Morgan fingerprint density at radius 3 is 2.61 bits per heavy atom. The largest absolute Gasteiger partial charge is 0.450 e. The van der Waals surface area contributed by atoms with Gasteiger partial charge in [-0.05, 0) is 31.2 Å². The summed E-state index contributed by atoms with van der Waals surface area (Å²) in [6.45, 7) is 4.69. The topological polar surface area (TPSA) is 109 Å². The molecule has 1 aliphatic heterocycles. The van der Waals surface area contributed by atoms with Gasteiger partial charge in [0.1, 0.15) is 5.82 Å². The summed E-state index contributed by atoms with van der Waals surface area (Å²) in [4.78, 5) is 25.1. The lowest BCUT2D eigenvalue weighted by molar-refractivity contribution is 0.105. The molecule has 2 aromatic heterocycles. The molecule has 31 heavy (non-hydrogen) atoms. The number of aromatic nitrogens is 4. The highest BCUT2D eigenvalue weighted by Crippen LogP contribution is 2.26. The quantitative estimate of drug-likeness (QED) is 0.594. The minimum absolute atomic E-state index is 0.0234. The Hall–Kier alpha value is -3.11. The van der Waals surface area contributed by atoms with Crippen molar-refractivity contribution in [3.8, 4) is 5.69 Å². The molecule has 2 N–H and O–H groups in total. The van der Waals surface area contributed by atoms with Crippen LogP contribution in [0.3, 0.4) is 0 Å². The second kappa shape index (κ2) is 9.36. The monoisotopic (exact) mass is 445 g/mol. The number of nitrogens with one attached hydrogen (secondary N) is 1. The fourth-order valence-corrected chi connectivity index (χ4v) is 3.55. The Bertz CT molecular complexity index is 1050. The van der Waals surface area contributed by atoms with Gasteiger partial charge in [0.25, 0.3) is 0 Å². The Labute approximate surface area is 184 Å².